The number of nitrogens with one attached hydrogen (secondary N) is 1. The van der Waals surface area contributed by atoms with Crippen LogP contribution < -0.4 is 10.9 Å². The number of nitrogens with zero attached hydrogens (tertiary/aromatic N) is 2. The highest BCUT2D eigenvalue weighted by Gasteiger charge is 2.09. The van der Waals surface area contributed by atoms with Gasteiger partial charge < -0.3 is 5.32 Å². The minimum absolute atomic E-state index is 0.0648. The van der Waals surface area contributed by atoms with Crippen molar-refractivity contribution in [1.29, 1.82) is 0 Å². The Labute approximate surface area is 149 Å². The van der Waals surface area contributed by atoms with Crippen LogP contribution in [0.4, 0.5) is 14.5 Å². The summed E-state index contributed by atoms with van der Waals surface area (Å²) < 4.78 is 27.7. The van der Waals surface area contributed by atoms with Gasteiger partial charge in [-0.25, -0.2) is 13.8 Å². The lowest BCUT2D eigenvalue weighted by Gasteiger charge is -2.06. The SMILES string of the molecule is Cc1csc2nc(CSCC(=O)Nc3cc(F)cc(F)c3)cc(=O)n12. The molecule has 9 heteroatoms. The van der Waals surface area contributed by atoms with Crippen LogP contribution >= 0.6 is 23.1 Å². The molecule has 5 nitrogen and oxygen atoms in total. The van der Waals surface area contributed by atoms with E-state index in [9.17, 15) is 18.4 Å². The number of aromatic nitrogens is 2. The second-order valence-electron chi connectivity index (χ2n) is 5.28. The molecule has 1 aromatic carbocycles. The molecule has 0 saturated heterocycles. The lowest BCUT2D eigenvalue weighted by molar-refractivity contribution is -0.113. The zero-order valence-corrected chi connectivity index (χ0v) is 14.7. The fourth-order valence-corrected chi connectivity index (χ4v) is 3.85. The molecule has 0 aliphatic rings. The maximum atomic E-state index is 13.1. The first-order valence-electron chi connectivity index (χ1n) is 7.23. The molecule has 3 rings (SSSR count). The van der Waals surface area contributed by atoms with Crippen LogP contribution in [0.1, 0.15) is 11.4 Å². The highest BCUT2D eigenvalue weighted by atomic mass is 32.2. The summed E-state index contributed by atoms with van der Waals surface area (Å²) in [6.07, 6.45) is 0. The van der Waals surface area contributed by atoms with E-state index in [1.807, 2.05) is 12.3 Å². The molecule has 130 valence electrons. The van der Waals surface area contributed by atoms with Crippen LogP contribution in [0, 0.1) is 18.6 Å². The summed E-state index contributed by atoms with van der Waals surface area (Å²) in [7, 11) is 0. The topological polar surface area (TPSA) is 63.5 Å². The maximum Gasteiger partial charge on any atom is 0.258 e. The molecule has 2 heterocycles. The van der Waals surface area contributed by atoms with Gasteiger partial charge in [0.25, 0.3) is 5.56 Å². The van der Waals surface area contributed by atoms with E-state index in [2.05, 4.69) is 10.3 Å². The van der Waals surface area contributed by atoms with Crippen LogP contribution in [-0.2, 0) is 10.5 Å². The fourth-order valence-electron chi connectivity index (χ4n) is 2.25. The third kappa shape index (κ3) is 4.23. The molecule has 3 aromatic rings. The summed E-state index contributed by atoms with van der Waals surface area (Å²) in [4.78, 5) is 28.9. The van der Waals surface area contributed by atoms with Crippen LogP contribution in [0.2, 0.25) is 0 Å². The Morgan fingerprint density at radius 3 is 2.72 bits per heavy atom. The number of rotatable bonds is 5. The van der Waals surface area contributed by atoms with Crippen LogP contribution in [0.5, 0.6) is 0 Å². The largest absolute Gasteiger partial charge is 0.325 e. The van der Waals surface area contributed by atoms with Crippen molar-refractivity contribution >= 4 is 39.7 Å². The molecule has 0 spiro atoms. The van der Waals surface area contributed by atoms with Crippen molar-refractivity contribution in [2.45, 2.75) is 12.7 Å². The van der Waals surface area contributed by atoms with E-state index in [1.165, 1.54) is 33.6 Å². The molecule has 1 N–H and O–H groups in total. The maximum absolute atomic E-state index is 13.1. The smallest absolute Gasteiger partial charge is 0.258 e. The predicted octanol–water partition coefficient (Wildman–Crippen LogP) is 3.21. The number of halogens is 2. The summed E-state index contributed by atoms with van der Waals surface area (Å²) in [5, 5.41) is 4.28. The van der Waals surface area contributed by atoms with Gasteiger partial charge in [-0.15, -0.1) is 23.1 Å². The summed E-state index contributed by atoms with van der Waals surface area (Å²) >= 11 is 2.64. The second-order valence-corrected chi connectivity index (χ2v) is 7.10. The number of fused-ring (bicyclic) bond motifs is 1. The number of thiazole rings is 1. The lowest BCUT2D eigenvalue weighted by atomic mass is 10.3. The minimum Gasteiger partial charge on any atom is -0.325 e. The third-order valence-corrected chi connectivity index (χ3v) is 5.17. The number of amides is 1. The van der Waals surface area contributed by atoms with E-state index in [1.54, 1.807) is 0 Å². The highest BCUT2D eigenvalue weighted by molar-refractivity contribution is 7.99. The zero-order chi connectivity index (χ0) is 18.0. The lowest BCUT2D eigenvalue weighted by Crippen LogP contribution is -2.16. The van der Waals surface area contributed by atoms with Crippen molar-refractivity contribution in [2.24, 2.45) is 0 Å². The first-order chi connectivity index (χ1) is 11.9. The van der Waals surface area contributed by atoms with Crippen molar-refractivity contribution in [3.63, 3.8) is 0 Å². The van der Waals surface area contributed by atoms with Gasteiger partial charge in [-0.1, -0.05) is 0 Å². The Kier molecular flexibility index (Phi) is 5.14. The van der Waals surface area contributed by atoms with Gasteiger partial charge in [0.1, 0.15) is 11.6 Å². The first kappa shape index (κ1) is 17.6. The van der Waals surface area contributed by atoms with Gasteiger partial charge in [0.2, 0.25) is 5.91 Å². The normalized spacial score (nSPS) is 11.0. The average Bonchev–Trinajstić information content (AvgIpc) is 2.88. The molecule has 1 amide bonds. The summed E-state index contributed by atoms with van der Waals surface area (Å²) in [5.41, 5.74) is 1.33. The van der Waals surface area contributed by atoms with Crippen molar-refractivity contribution in [2.75, 3.05) is 11.1 Å². The van der Waals surface area contributed by atoms with Gasteiger partial charge in [0.15, 0.2) is 4.96 Å². The number of anilines is 1. The molecule has 25 heavy (non-hydrogen) atoms. The fraction of sp³-hybridized carbons (Fsp3) is 0.188. The molecule has 0 aliphatic carbocycles. The third-order valence-electron chi connectivity index (χ3n) is 3.26. The molecule has 0 atom stereocenters. The van der Waals surface area contributed by atoms with Gasteiger partial charge >= 0.3 is 0 Å². The van der Waals surface area contributed by atoms with Gasteiger partial charge in [-0.2, -0.15) is 0 Å². The van der Waals surface area contributed by atoms with Gasteiger partial charge in [0, 0.05) is 34.6 Å². The van der Waals surface area contributed by atoms with Crippen molar-refractivity contribution < 1.29 is 13.6 Å². The van der Waals surface area contributed by atoms with Crippen LogP contribution in [0.3, 0.4) is 0 Å². The van der Waals surface area contributed by atoms with Crippen LogP contribution in [-0.4, -0.2) is 21.0 Å². The summed E-state index contributed by atoms with van der Waals surface area (Å²) in [6.45, 7) is 1.83. The Bertz CT molecular complexity index is 980. The Hall–Kier alpha value is -2.26. The average molecular weight is 381 g/mol. The van der Waals surface area contributed by atoms with E-state index in [4.69, 9.17) is 0 Å². The van der Waals surface area contributed by atoms with Crippen molar-refractivity contribution in [1.82, 2.24) is 9.38 Å². The minimum atomic E-state index is -0.757. The Balaban J connectivity index is 1.59. The second kappa shape index (κ2) is 7.32. The Morgan fingerprint density at radius 2 is 2.00 bits per heavy atom. The molecular formula is C16H13F2N3O2S2. The quantitative estimate of drug-likeness (QED) is 0.737. The molecule has 0 radical (unpaired) electrons. The van der Waals surface area contributed by atoms with Gasteiger partial charge in [0.05, 0.1) is 11.4 Å². The summed E-state index contributed by atoms with van der Waals surface area (Å²) in [5.74, 6) is -1.45. The number of hydrogen-bond acceptors (Lipinski definition) is 5. The number of carbonyl (C=O) groups excluding carboxylic acids is 1. The first-order valence-corrected chi connectivity index (χ1v) is 9.26. The van der Waals surface area contributed by atoms with E-state index >= 15 is 0 Å². The van der Waals surface area contributed by atoms with Gasteiger partial charge in [-0.3, -0.25) is 14.0 Å². The molecular weight excluding hydrogens is 368 g/mol. The van der Waals surface area contributed by atoms with Crippen molar-refractivity contribution in [3.8, 4) is 0 Å². The number of carbonyl (C=O) groups is 1. The molecule has 0 aliphatic heterocycles. The van der Waals surface area contributed by atoms with E-state index < -0.39 is 11.6 Å². The molecule has 0 fully saturated rings. The Morgan fingerprint density at radius 1 is 1.28 bits per heavy atom. The molecule has 0 bridgehead atoms. The molecule has 0 saturated carbocycles. The number of hydrogen-bond donors (Lipinski definition) is 1. The van der Waals surface area contributed by atoms with E-state index in [-0.39, 0.29) is 22.9 Å². The molecule has 0 unspecified atom stereocenters. The highest BCUT2D eigenvalue weighted by Crippen LogP contribution is 2.16. The zero-order valence-electron chi connectivity index (χ0n) is 13.1. The molecule has 2 aromatic heterocycles. The van der Waals surface area contributed by atoms with Crippen LogP contribution in [0.25, 0.3) is 4.96 Å². The van der Waals surface area contributed by atoms with E-state index in [0.29, 0.717) is 16.4 Å². The standard InChI is InChI=1S/C16H13F2N3O2S2/c1-9-6-25-16-20-13(5-15(23)21(9)16)7-24-8-14(22)19-12-3-10(17)2-11(18)4-12/h2-6H,7-8H2,1H3,(H,19,22). The van der Waals surface area contributed by atoms with Crippen molar-refractivity contribution in [3.05, 3.63) is 63.0 Å². The number of thioether (sulfide) groups is 1. The predicted molar refractivity (Wildman–Crippen MR) is 95.2 cm³/mol. The summed E-state index contributed by atoms with van der Waals surface area (Å²) in [6, 6.07) is 4.26. The van der Waals surface area contributed by atoms with Gasteiger partial charge in [-0.05, 0) is 19.1 Å². The monoisotopic (exact) mass is 381 g/mol. The van der Waals surface area contributed by atoms with E-state index in [0.717, 1.165) is 23.9 Å². The van der Waals surface area contributed by atoms with Crippen LogP contribution in [0.15, 0.2) is 34.4 Å². The number of benzene rings is 1. The number of aryl methyl sites for hydroxylation is 1.